The summed E-state index contributed by atoms with van der Waals surface area (Å²) in [6.45, 7) is 2.50. The molecule has 4 rings (SSSR count). The number of methoxy groups -OCH3 is 1. The molecular weight excluding hydrogens is 490 g/mol. The van der Waals surface area contributed by atoms with Crippen LogP contribution >= 0.6 is 0 Å². The fourth-order valence-electron chi connectivity index (χ4n) is 4.90. The highest BCUT2D eigenvalue weighted by Gasteiger charge is 2.50. The minimum atomic E-state index is -1.05. The number of fused-ring (bicyclic) bond motifs is 1. The average Bonchev–Trinajstić information content (AvgIpc) is 2.89. The Morgan fingerprint density at radius 1 is 1.05 bits per heavy atom. The predicted octanol–water partition coefficient (Wildman–Crippen LogP) is 1.81. The van der Waals surface area contributed by atoms with Crippen LogP contribution in [-0.2, 0) is 27.5 Å². The molecule has 2 aromatic carbocycles. The van der Waals surface area contributed by atoms with Crippen LogP contribution in [0.1, 0.15) is 29.5 Å². The van der Waals surface area contributed by atoms with E-state index in [9.17, 15) is 24.3 Å². The average molecular weight is 524 g/mol. The predicted molar refractivity (Wildman–Crippen MR) is 138 cm³/mol. The Bertz CT molecular complexity index is 1190. The smallest absolute Gasteiger partial charge is 0.334 e. The van der Waals surface area contributed by atoms with Crippen molar-refractivity contribution in [3.63, 3.8) is 0 Å². The summed E-state index contributed by atoms with van der Waals surface area (Å²) in [4.78, 5) is 54.5. The first-order chi connectivity index (χ1) is 18.2. The standard InChI is InChI=1S/C27H33N5O6/c1-18-4-6-20(7-5-18)15-30-16-23-31(22(26(30)36)12-13-25(34)35)24(33)17-29(2)32(23)27(37)28-14-19-8-10-21(38-3)11-9-19/h4-11,22-23H,12-17H2,1-3H3,(H,28,37)(H,34,35)/t22-,23-/m0/s1. The number of amides is 4. The number of rotatable bonds is 8. The number of nitrogens with zero attached hydrogens (tertiary/aromatic N) is 4. The number of carbonyl (C=O) groups excluding carboxylic acids is 3. The van der Waals surface area contributed by atoms with Gasteiger partial charge in [0.25, 0.3) is 0 Å². The van der Waals surface area contributed by atoms with Crippen molar-refractivity contribution in [3.8, 4) is 5.75 Å². The number of hydrazine groups is 1. The number of piperazine rings is 1. The monoisotopic (exact) mass is 523 g/mol. The van der Waals surface area contributed by atoms with Crippen LogP contribution < -0.4 is 10.1 Å². The van der Waals surface area contributed by atoms with Crippen LogP contribution in [0.4, 0.5) is 4.79 Å². The second kappa shape index (κ2) is 11.5. The Balaban J connectivity index is 1.58. The first kappa shape index (κ1) is 26.9. The van der Waals surface area contributed by atoms with E-state index in [1.165, 1.54) is 9.91 Å². The molecule has 2 atom stereocenters. The molecule has 0 aliphatic carbocycles. The maximum atomic E-state index is 13.5. The van der Waals surface area contributed by atoms with Gasteiger partial charge in [-0.05, 0) is 36.6 Å². The molecule has 0 radical (unpaired) electrons. The van der Waals surface area contributed by atoms with Gasteiger partial charge in [0.15, 0.2) is 0 Å². The topological polar surface area (TPSA) is 123 Å². The molecule has 2 aliphatic heterocycles. The van der Waals surface area contributed by atoms with E-state index in [0.717, 1.165) is 16.7 Å². The third kappa shape index (κ3) is 5.88. The zero-order valence-electron chi connectivity index (χ0n) is 21.8. The van der Waals surface area contributed by atoms with E-state index in [1.54, 1.807) is 36.2 Å². The molecule has 38 heavy (non-hydrogen) atoms. The van der Waals surface area contributed by atoms with Crippen molar-refractivity contribution in [2.24, 2.45) is 0 Å². The maximum Gasteiger partial charge on any atom is 0.334 e. The Morgan fingerprint density at radius 2 is 1.71 bits per heavy atom. The fraction of sp³-hybridized carbons (Fsp3) is 0.407. The lowest BCUT2D eigenvalue weighted by Crippen LogP contribution is -2.75. The van der Waals surface area contributed by atoms with Gasteiger partial charge in [0, 0.05) is 26.6 Å². The number of hydrogen-bond acceptors (Lipinski definition) is 6. The molecule has 2 heterocycles. The van der Waals surface area contributed by atoms with Gasteiger partial charge in [-0.15, -0.1) is 0 Å². The van der Waals surface area contributed by atoms with Gasteiger partial charge < -0.3 is 25.0 Å². The molecule has 0 unspecified atom stereocenters. The molecule has 0 spiro atoms. The van der Waals surface area contributed by atoms with Crippen LogP contribution in [0, 0.1) is 6.92 Å². The highest BCUT2D eigenvalue weighted by Crippen LogP contribution is 2.29. The van der Waals surface area contributed by atoms with E-state index in [4.69, 9.17) is 4.74 Å². The van der Waals surface area contributed by atoms with Crippen molar-refractivity contribution in [1.29, 1.82) is 0 Å². The summed E-state index contributed by atoms with van der Waals surface area (Å²) in [7, 11) is 3.23. The molecule has 2 aliphatic rings. The van der Waals surface area contributed by atoms with E-state index in [0.29, 0.717) is 5.75 Å². The van der Waals surface area contributed by atoms with Gasteiger partial charge >= 0.3 is 12.0 Å². The zero-order chi connectivity index (χ0) is 27.4. The van der Waals surface area contributed by atoms with Gasteiger partial charge in [-0.1, -0.05) is 42.0 Å². The normalized spacial score (nSPS) is 19.8. The second-order valence-electron chi connectivity index (χ2n) is 9.60. The Labute approximate surface area is 221 Å². The van der Waals surface area contributed by atoms with Crippen LogP contribution in [0.2, 0.25) is 0 Å². The first-order valence-electron chi connectivity index (χ1n) is 12.5. The molecule has 2 fully saturated rings. The molecule has 2 aromatic rings. The van der Waals surface area contributed by atoms with Crippen molar-refractivity contribution >= 4 is 23.8 Å². The number of ether oxygens (including phenoxy) is 1. The van der Waals surface area contributed by atoms with Gasteiger partial charge in [0.1, 0.15) is 18.0 Å². The lowest BCUT2D eigenvalue weighted by Gasteiger charge is -2.54. The number of likely N-dealkylation sites (N-methyl/N-ethyl adjacent to an activating group) is 1. The first-order valence-corrected chi connectivity index (χ1v) is 12.5. The lowest BCUT2D eigenvalue weighted by molar-refractivity contribution is -0.188. The lowest BCUT2D eigenvalue weighted by atomic mass is 10.0. The highest BCUT2D eigenvalue weighted by atomic mass is 16.5. The molecule has 0 bridgehead atoms. The number of hydrogen-bond donors (Lipinski definition) is 2. The molecule has 202 valence electrons. The summed E-state index contributed by atoms with van der Waals surface area (Å²) < 4.78 is 5.18. The molecular formula is C27H33N5O6. The molecule has 0 aromatic heterocycles. The van der Waals surface area contributed by atoms with Crippen LogP contribution in [-0.4, -0.2) is 88.2 Å². The van der Waals surface area contributed by atoms with Crippen LogP contribution in [0.25, 0.3) is 0 Å². The summed E-state index contributed by atoms with van der Waals surface area (Å²) in [6.07, 6.45) is -1.09. The molecule has 11 nitrogen and oxygen atoms in total. The third-order valence-electron chi connectivity index (χ3n) is 6.88. The molecule has 0 saturated carbocycles. The molecule has 2 N–H and O–H groups in total. The second-order valence-corrected chi connectivity index (χ2v) is 9.60. The van der Waals surface area contributed by atoms with Gasteiger partial charge in [-0.3, -0.25) is 14.4 Å². The van der Waals surface area contributed by atoms with Gasteiger partial charge in [0.2, 0.25) is 11.8 Å². The van der Waals surface area contributed by atoms with E-state index >= 15 is 0 Å². The molecule has 4 amide bonds. The third-order valence-corrected chi connectivity index (χ3v) is 6.88. The van der Waals surface area contributed by atoms with E-state index in [1.807, 2.05) is 43.3 Å². The Kier molecular flexibility index (Phi) is 8.16. The number of aryl methyl sites for hydroxylation is 1. The summed E-state index contributed by atoms with van der Waals surface area (Å²) in [6, 6.07) is 13.7. The minimum Gasteiger partial charge on any atom is -0.497 e. The van der Waals surface area contributed by atoms with Crippen molar-refractivity contribution < 1.29 is 29.0 Å². The minimum absolute atomic E-state index is 0.0359. The van der Waals surface area contributed by atoms with Crippen molar-refractivity contribution in [3.05, 3.63) is 65.2 Å². The summed E-state index contributed by atoms with van der Waals surface area (Å²) in [5.41, 5.74) is 2.86. The zero-order valence-corrected chi connectivity index (χ0v) is 21.8. The maximum absolute atomic E-state index is 13.5. The summed E-state index contributed by atoms with van der Waals surface area (Å²) in [5.74, 6) is -0.992. The van der Waals surface area contributed by atoms with Crippen LogP contribution in [0.3, 0.4) is 0 Å². The highest BCUT2D eigenvalue weighted by molar-refractivity contribution is 5.91. The number of carbonyl (C=O) groups is 4. The van der Waals surface area contributed by atoms with E-state index < -0.39 is 24.2 Å². The quantitative estimate of drug-likeness (QED) is 0.541. The van der Waals surface area contributed by atoms with Gasteiger partial charge in [-0.25, -0.2) is 14.8 Å². The number of carboxylic acid groups (broad SMARTS) is 1. The van der Waals surface area contributed by atoms with Gasteiger partial charge in [0.05, 0.1) is 20.2 Å². The number of nitrogens with one attached hydrogen (secondary N) is 1. The Hall–Kier alpha value is -4.12. The SMILES string of the molecule is COc1ccc(CNC(=O)N2[C@H]3CN(Cc4ccc(C)cc4)C(=O)[C@H](CCC(=O)O)N3C(=O)CN2C)cc1. The van der Waals surface area contributed by atoms with Crippen molar-refractivity contribution in [2.45, 2.75) is 45.1 Å². The molecule has 2 saturated heterocycles. The number of carboxylic acids is 1. The molecule has 11 heteroatoms. The fourth-order valence-corrected chi connectivity index (χ4v) is 4.90. The number of aliphatic carboxylic acids is 1. The Morgan fingerprint density at radius 3 is 2.34 bits per heavy atom. The van der Waals surface area contributed by atoms with Crippen LogP contribution in [0.5, 0.6) is 5.75 Å². The number of benzene rings is 2. The largest absolute Gasteiger partial charge is 0.497 e. The summed E-state index contributed by atoms with van der Waals surface area (Å²) in [5, 5.41) is 15.2. The summed E-state index contributed by atoms with van der Waals surface area (Å²) >= 11 is 0. The van der Waals surface area contributed by atoms with Gasteiger partial charge in [-0.2, -0.15) is 0 Å². The van der Waals surface area contributed by atoms with E-state index in [2.05, 4.69) is 5.32 Å². The number of urea groups is 1. The van der Waals surface area contributed by atoms with E-state index in [-0.39, 0.29) is 50.8 Å². The van der Waals surface area contributed by atoms with Crippen molar-refractivity contribution in [1.82, 2.24) is 25.1 Å². The van der Waals surface area contributed by atoms with Crippen LogP contribution in [0.15, 0.2) is 48.5 Å². The van der Waals surface area contributed by atoms with Crippen molar-refractivity contribution in [2.75, 3.05) is 27.2 Å².